The van der Waals surface area contributed by atoms with Crippen LogP contribution >= 0.6 is 0 Å². The van der Waals surface area contributed by atoms with Gasteiger partial charge in [-0.25, -0.2) is 0 Å². The van der Waals surface area contributed by atoms with Crippen LogP contribution in [0.15, 0.2) is 0 Å². The van der Waals surface area contributed by atoms with Gasteiger partial charge in [0.05, 0.1) is 25.9 Å². The molecule has 1 aromatic carbocycles. The van der Waals surface area contributed by atoms with E-state index in [-0.39, 0.29) is 6.42 Å². The summed E-state index contributed by atoms with van der Waals surface area (Å²) in [6, 6.07) is 0.995. The molecular formula is C17H26O5Si. The Hall–Kier alpha value is -1.37. The average molecular weight is 338 g/mol. The van der Waals surface area contributed by atoms with Gasteiger partial charge in [0, 0.05) is 20.1 Å². The second-order valence-corrected chi connectivity index (χ2v) is 12.7. The Balaban J connectivity index is 2.48. The largest absolute Gasteiger partial charge is 0.496 e. The summed E-state index contributed by atoms with van der Waals surface area (Å²) in [5, 5.41) is 10.2. The number of rotatable bonds is 7. The molecule has 1 unspecified atom stereocenters. The van der Waals surface area contributed by atoms with Gasteiger partial charge >= 0.3 is 0 Å². The molecule has 0 amide bonds. The number of benzene rings is 1. The monoisotopic (exact) mass is 338 g/mol. The van der Waals surface area contributed by atoms with Crippen LogP contribution in [0.4, 0.5) is 0 Å². The maximum atomic E-state index is 11.1. The number of aliphatic hydroxyl groups excluding tert-OH is 1. The van der Waals surface area contributed by atoms with Crippen LogP contribution in [-0.2, 0) is 22.6 Å². The molecule has 5 nitrogen and oxygen atoms in total. The van der Waals surface area contributed by atoms with Gasteiger partial charge in [0.2, 0.25) is 0 Å². The van der Waals surface area contributed by atoms with E-state index in [2.05, 4.69) is 19.6 Å². The molecule has 1 aliphatic rings. The molecule has 1 aromatic rings. The van der Waals surface area contributed by atoms with Gasteiger partial charge < -0.3 is 24.1 Å². The normalized spacial score (nSPS) is 17.0. The third-order valence-electron chi connectivity index (χ3n) is 4.13. The Labute approximate surface area is 138 Å². The van der Waals surface area contributed by atoms with E-state index < -0.39 is 14.4 Å². The molecular weight excluding hydrogens is 312 g/mol. The van der Waals surface area contributed by atoms with E-state index in [0.717, 1.165) is 23.5 Å². The molecule has 0 aliphatic carbocycles. The molecule has 0 aromatic heterocycles. The highest BCUT2D eigenvalue weighted by Gasteiger charge is 2.32. The third kappa shape index (κ3) is 3.76. The number of aliphatic hydroxyl groups is 1. The van der Waals surface area contributed by atoms with Crippen LogP contribution in [-0.4, -0.2) is 33.2 Å². The topological polar surface area (TPSA) is 65.0 Å². The maximum absolute atomic E-state index is 11.1. The van der Waals surface area contributed by atoms with Crippen LogP contribution in [0.1, 0.15) is 28.5 Å². The van der Waals surface area contributed by atoms with E-state index in [4.69, 9.17) is 14.2 Å². The summed E-state index contributed by atoms with van der Waals surface area (Å²) >= 11 is 0. The predicted octanol–water partition coefficient (Wildman–Crippen LogP) is 2.98. The molecule has 0 spiro atoms. The van der Waals surface area contributed by atoms with Crippen molar-refractivity contribution < 1.29 is 24.1 Å². The fourth-order valence-corrected chi connectivity index (χ4v) is 3.54. The minimum atomic E-state index is -1.24. The highest BCUT2D eigenvalue weighted by Crippen LogP contribution is 2.46. The molecule has 2 rings (SSSR count). The average Bonchev–Trinajstić information content (AvgIpc) is 2.84. The van der Waals surface area contributed by atoms with Gasteiger partial charge in [-0.1, -0.05) is 19.6 Å². The van der Waals surface area contributed by atoms with Crippen LogP contribution in [0.5, 0.6) is 11.5 Å². The van der Waals surface area contributed by atoms with Crippen molar-refractivity contribution in [2.45, 2.75) is 51.9 Å². The Morgan fingerprint density at radius 2 is 2.04 bits per heavy atom. The molecule has 1 heterocycles. The first-order valence-electron chi connectivity index (χ1n) is 7.88. The Kier molecular flexibility index (Phi) is 5.49. The number of hydrogen-bond donors (Lipinski definition) is 1. The van der Waals surface area contributed by atoms with Crippen LogP contribution in [0, 0.1) is 6.92 Å². The maximum Gasteiger partial charge on any atom is 0.185 e. The van der Waals surface area contributed by atoms with Crippen LogP contribution in [0.2, 0.25) is 25.7 Å². The van der Waals surface area contributed by atoms with Gasteiger partial charge in [0.1, 0.15) is 17.8 Å². The van der Waals surface area contributed by atoms with E-state index >= 15 is 0 Å². The predicted molar refractivity (Wildman–Crippen MR) is 90.9 cm³/mol. The summed E-state index contributed by atoms with van der Waals surface area (Å²) in [4.78, 5) is 11.1. The van der Waals surface area contributed by atoms with Crippen molar-refractivity contribution in [3.8, 4) is 11.5 Å². The fourth-order valence-electron chi connectivity index (χ4n) is 2.83. The van der Waals surface area contributed by atoms with Crippen molar-refractivity contribution in [2.75, 3.05) is 13.7 Å². The number of ether oxygens (including phenoxy) is 3. The third-order valence-corrected chi connectivity index (χ3v) is 5.84. The van der Waals surface area contributed by atoms with Crippen molar-refractivity contribution in [3.05, 3.63) is 22.3 Å². The van der Waals surface area contributed by atoms with Gasteiger partial charge in [-0.15, -0.1) is 0 Å². The minimum Gasteiger partial charge on any atom is -0.496 e. The summed E-state index contributed by atoms with van der Waals surface area (Å²) in [5.41, 5.74) is 3.13. The van der Waals surface area contributed by atoms with Crippen molar-refractivity contribution in [1.29, 1.82) is 0 Å². The summed E-state index contributed by atoms with van der Waals surface area (Å²) < 4.78 is 16.9. The lowest BCUT2D eigenvalue weighted by atomic mass is 9.95. The molecule has 128 valence electrons. The first-order valence-corrected chi connectivity index (χ1v) is 11.6. The van der Waals surface area contributed by atoms with Crippen molar-refractivity contribution >= 4 is 14.4 Å². The van der Waals surface area contributed by atoms with Crippen LogP contribution < -0.4 is 9.47 Å². The number of hydrogen-bond acceptors (Lipinski definition) is 5. The smallest absolute Gasteiger partial charge is 0.185 e. The Morgan fingerprint density at radius 1 is 1.35 bits per heavy atom. The van der Waals surface area contributed by atoms with Gasteiger partial charge in [-0.3, -0.25) is 0 Å². The van der Waals surface area contributed by atoms with Gasteiger partial charge in [0.25, 0.3) is 0 Å². The number of methoxy groups -OCH3 is 1. The lowest BCUT2D eigenvalue weighted by Crippen LogP contribution is -2.23. The second kappa shape index (κ2) is 7.03. The summed E-state index contributed by atoms with van der Waals surface area (Å²) in [7, 11) is 0.343. The van der Waals surface area contributed by atoms with E-state index in [9.17, 15) is 9.90 Å². The van der Waals surface area contributed by atoms with Crippen molar-refractivity contribution in [1.82, 2.24) is 0 Å². The Bertz CT molecular complexity index is 592. The van der Waals surface area contributed by atoms with Crippen LogP contribution in [0.25, 0.3) is 0 Å². The van der Waals surface area contributed by atoms with Crippen molar-refractivity contribution in [2.24, 2.45) is 0 Å². The summed E-state index contributed by atoms with van der Waals surface area (Å²) in [6.45, 7) is 9.64. The molecule has 23 heavy (non-hydrogen) atoms. The molecule has 1 aliphatic heterocycles. The van der Waals surface area contributed by atoms with Gasteiger partial charge in [0.15, 0.2) is 6.29 Å². The van der Waals surface area contributed by atoms with E-state index in [1.54, 1.807) is 7.11 Å². The molecule has 0 bridgehead atoms. The van der Waals surface area contributed by atoms with Gasteiger partial charge in [-0.2, -0.15) is 0 Å². The molecule has 0 fully saturated rings. The zero-order chi connectivity index (χ0) is 17.2. The van der Waals surface area contributed by atoms with Gasteiger partial charge in [-0.05, 0) is 24.1 Å². The first-order chi connectivity index (χ1) is 10.8. The number of carbonyl (C=O) groups is 1. The van der Waals surface area contributed by atoms with E-state index in [1.165, 1.54) is 0 Å². The zero-order valence-corrected chi connectivity index (χ0v) is 15.6. The Morgan fingerprint density at radius 3 is 2.61 bits per heavy atom. The molecule has 6 heteroatoms. The highest BCUT2D eigenvalue weighted by molar-refractivity contribution is 6.76. The quantitative estimate of drug-likeness (QED) is 0.611. The number of carbonyl (C=O) groups excluding carboxylic acids is 1. The number of fused-ring (bicyclic) bond motifs is 1. The van der Waals surface area contributed by atoms with Crippen LogP contribution in [0.3, 0.4) is 0 Å². The molecule has 0 saturated carbocycles. The second-order valence-electron chi connectivity index (χ2n) is 7.05. The molecule has 1 N–H and O–H groups in total. The summed E-state index contributed by atoms with van der Waals surface area (Å²) in [6.07, 6.45) is 0.00526. The standard InChI is InChI=1S/C17H26O5Si/c1-11-13-10-22-17(19)14(13)16(21-8-9-23(3,4)5)12(6-7-18)15(11)20-2/h7,17,19H,6,8-10H2,1-5H3. The fraction of sp³-hybridized carbons (Fsp3) is 0.588. The van der Waals surface area contributed by atoms with E-state index in [1.807, 2.05) is 6.92 Å². The molecule has 0 radical (unpaired) electrons. The lowest BCUT2D eigenvalue weighted by Gasteiger charge is -2.22. The number of aldehydes is 1. The van der Waals surface area contributed by atoms with E-state index in [0.29, 0.717) is 35.8 Å². The molecule has 1 atom stereocenters. The lowest BCUT2D eigenvalue weighted by molar-refractivity contribution is -0.107. The SMILES string of the molecule is COc1c(C)c2c(c(OCC[Si](C)(C)C)c1CC=O)C(O)OC2. The summed E-state index contributed by atoms with van der Waals surface area (Å²) in [5.74, 6) is 1.20. The molecule has 0 saturated heterocycles. The highest BCUT2D eigenvalue weighted by atomic mass is 28.3. The minimum absolute atomic E-state index is 0.187. The zero-order valence-electron chi connectivity index (χ0n) is 14.6. The van der Waals surface area contributed by atoms with Crippen molar-refractivity contribution in [3.63, 3.8) is 0 Å². The first kappa shape index (κ1) is 18.0.